The summed E-state index contributed by atoms with van der Waals surface area (Å²) in [7, 11) is 1.66. The molecule has 0 aliphatic carbocycles. The second-order valence-corrected chi connectivity index (χ2v) is 5.34. The average Bonchev–Trinajstić information content (AvgIpc) is 2.35. The molecule has 0 aliphatic rings. The number of methoxy groups -OCH3 is 1. The summed E-state index contributed by atoms with van der Waals surface area (Å²) in [5.41, 5.74) is 1.09. The van der Waals surface area contributed by atoms with Crippen molar-refractivity contribution in [1.82, 2.24) is 5.32 Å². The molecule has 1 aromatic carbocycles. The van der Waals surface area contributed by atoms with E-state index in [1.165, 1.54) is 0 Å². The van der Waals surface area contributed by atoms with Crippen molar-refractivity contribution in [2.45, 2.75) is 38.8 Å². The van der Waals surface area contributed by atoms with E-state index in [0.29, 0.717) is 6.42 Å². The Kier molecular flexibility index (Phi) is 6.36. The molecular weight excluding hydrogens is 294 g/mol. The van der Waals surface area contributed by atoms with Crippen molar-refractivity contribution in [3.8, 4) is 0 Å². The van der Waals surface area contributed by atoms with Crippen LogP contribution in [-0.2, 0) is 9.53 Å². The lowest BCUT2D eigenvalue weighted by molar-refractivity contribution is -0.122. The molecule has 1 amide bonds. The van der Waals surface area contributed by atoms with Crippen LogP contribution in [0.2, 0.25) is 0 Å². The minimum Gasteiger partial charge on any atom is -0.382 e. The Bertz CT molecular complexity index is 395. The number of nitrogens with one attached hydrogen (secondary N) is 1. The maximum atomic E-state index is 11.8. The van der Waals surface area contributed by atoms with Crippen LogP contribution in [0.3, 0.4) is 0 Å². The molecule has 0 radical (unpaired) electrons. The Morgan fingerprint density at radius 1 is 1.44 bits per heavy atom. The van der Waals surface area contributed by atoms with E-state index in [1.807, 2.05) is 38.1 Å². The van der Waals surface area contributed by atoms with Gasteiger partial charge in [-0.1, -0.05) is 28.1 Å². The monoisotopic (exact) mass is 313 g/mol. The van der Waals surface area contributed by atoms with Crippen LogP contribution < -0.4 is 5.32 Å². The molecule has 0 aliphatic heterocycles. The van der Waals surface area contributed by atoms with Gasteiger partial charge in [-0.3, -0.25) is 4.79 Å². The van der Waals surface area contributed by atoms with Crippen molar-refractivity contribution in [3.63, 3.8) is 0 Å². The minimum atomic E-state index is 0.0212. The zero-order valence-electron chi connectivity index (χ0n) is 11.1. The number of carbonyl (C=O) groups is 1. The quantitative estimate of drug-likeness (QED) is 0.873. The lowest BCUT2D eigenvalue weighted by Gasteiger charge is -2.15. The normalized spacial score (nSPS) is 14.0. The van der Waals surface area contributed by atoms with E-state index in [9.17, 15) is 4.79 Å². The van der Waals surface area contributed by atoms with Crippen LogP contribution in [0.4, 0.5) is 0 Å². The number of hydrogen-bond donors (Lipinski definition) is 1. The average molecular weight is 314 g/mol. The van der Waals surface area contributed by atoms with Crippen LogP contribution in [0.15, 0.2) is 28.7 Å². The van der Waals surface area contributed by atoms with Gasteiger partial charge in [0.15, 0.2) is 0 Å². The van der Waals surface area contributed by atoms with E-state index in [4.69, 9.17) is 4.74 Å². The summed E-state index contributed by atoms with van der Waals surface area (Å²) < 4.78 is 6.14. The third-order valence-corrected chi connectivity index (χ3v) is 3.40. The number of rotatable bonds is 6. The van der Waals surface area contributed by atoms with Crippen molar-refractivity contribution in [1.29, 1.82) is 0 Å². The zero-order chi connectivity index (χ0) is 13.5. The van der Waals surface area contributed by atoms with Gasteiger partial charge < -0.3 is 10.1 Å². The van der Waals surface area contributed by atoms with Gasteiger partial charge in [-0.25, -0.2) is 0 Å². The minimum absolute atomic E-state index is 0.0212. The van der Waals surface area contributed by atoms with E-state index in [1.54, 1.807) is 7.11 Å². The highest BCUT2D eigenvalue weighted by Gasteiger charge is 2.11. The van der Waals surface area contributed by atoms with Gasteiger partial charge in [0.1, 0.15) is 0 Å². The van der Waals surface area contributed by atoms with E-state index < -0.39 is 0 Å². The Labute approximate surface area is 117 Å². The highest BCUT2D eigenvalue weighted by molar-refractivity contribution is 9.10. The zero-order valence-corrected chi connectivity index (χ0v) is 12.7. The van der Waals surface area contributed by atoms with Crippen LogP contribution in [0, 0.1) is 0 Å². The smallest absolute Gasteiger partial charge is 0.220 e. The molecule has 0 saturated heterocycles. The second kappa shape index (κ2) is 7.54. The molecule has 0 bridgehead atoms. The predicted octanol–water partition coefficient (Wildman–Crippen LogP) is 3.44. The van der Waals surface area contributed by atoms with E-state index >= 15 is 0 Å². The fraction of sp³-hybridized carbons (Fsp3) is 0.500. The summed E-state index contributed by atoms with van der Waals surface area (Å²) in [6, 6.07) is 7.98. The van der Waals surface area contributed by atoms with Crippen molar-refractivity contribution in [3.05, 3.63) is 34.3 Å². The molecule has 1 rings (SSSR count). The number of carbonyl (C=O) groups excluding carboxylic acids is 1. The molecule has 0 aromatic heterocycles. The van der Waals surface area contributed by atoms with Crippen LogP contribution >= 0.6 is 15.9 Å². The van der Waals surface area contributed by atoms with Gasteiger partial charge in [0, 0.05) is 18.0 Å². The molecule has 1 N–H and O–H groups in total. The first-order chi connectivity index (χ1) is 8.52. The highest BCUT2D eigenvalue weighted by atomic mass is 79.9. The number of halogens is 1. The molecule has 100 valence electrons. The topological polar surface area (TPSA) is 38.3 Å². The Morgan fingerprint density at radius 2 is 2.17 bits per heavy atom. The van der Waals surface area contributed by atoms with E-state index in [0.717, 1.165) is 16.5 Å². The summed E-state index contributed by atoms with van der Waals surface area (Å²) in [6.45, 7) is 3.95. The molecule has 0 heterocycles. The number of ether oxygens (including phenoxy) is 1. The summed E-state index contributed by atoms with van der Waals surface area (Å²) in [6.07, 6.45) is 1.36. The van der Waals surface area contributed by atoms with Crippen molar-refractivity contribution in [2.24, 2.45) is 0 Å². The maximum Gasteiger partial charge on any atom is 0.220 e. The van der Waals surface area contributed by atoms with E-state index in [2.05, 4.69) is 21.2 Å². The molecule has 0 spiro atoms. The highest BCUT2D eigenvalue weighted by Crippen LogP contribution is 2.18. The molecule has 18 heavy (non-hydrogen) atoms. The largest absolute Gasteiger partial charge is 0.382 e. The van der Waals surface area contributed by atoms with Crippen molar-refractivity contribution in [2.75, 3.05) is 7.11 Å². The summed E-state index contributed by atoms with van der Waals surface area (Å²) in [5, 5.41) is 2.99. The van der Waals surface area contributed by atoms with Crippen LogP contribution in [0.5, 0.6) is 0 Å². The first kappa shape index (κ1) is 15.2. The van der Waals surface area contributed by atoms with Gasteiger partial charge in [-0.15, -0.1) is 0 Å². The molecule has 1 aromatic rings. The summed E-state index contributed by atoms with van der Waals surface area (Å²) in [4.78, 5) is 11.8. The van der Waals surface area contributed by atoms with Crippen LogP contribution in [-0.4, -0.2) is 19.1 Å². The fourth-order valence-electron chi connectivity index (χ4n) is 1.63. The maximum absolute atomic E-state index is 11.8. The summed E-state index contributed by atoms with van der Waals surface area (Å²) >= 11 is 3.43. The van der Waals surface area contributed by atoms with Gasteiger partial charge in [-0.2, -0.15) is 0 Å². The van der Waals surface area contributed by atoms with Crippen LogP contribution in [0.25, 0.3) is 0 Å². The van der Waals surface area contributed by atoms with Crippen molar-refractivity contribution >= 4 is 21.8 Å². The van der Waals surface area contributed by atoms with Gasteiger partial charge in [0.25, 0.3) is 0 Å². The molecule has 0 saturated carbocycles. The molecule has 4 heteroatoms. The lowest BCUT2D eigenvalue weighted by atomic mass is 10.1. The third-order valence-electron chi connectivity index (χ3n) is 2.91. The fourth-order valence-corrected chi connectivity index (χ4v) is 2.04. The molecule has 0 fully saturated rings. The van der Waals surface area contributed by atoms with Gasteiger partial charge in [-0.05, 0) is 38.0 Å². The predicted molar refractivity (Wildman–Crippen MR) is 76.4 cm³/mol. The lowest BCUT2D eigenvalue weighted by Crippen LogP contribution is -2.27. The number of amides is 1. The van der Waals surface area contributed by atoms with E-state index in [-0.39, 0.29) is 18.1 Å². The molecule has 3 nitrogen and oxygen atoms in total. The SMILES string of the molecule is COC(C)CCC(=O)NC(C)c1cccc(Br)c1. The Hall–Kier alpha value is -0.870. The summed E-state index contributed by atoms with van der Waals surface area (Å²) in [5.74, 6) is 0.0615. The molecular formula is C14H20BrNO2. The van der Waals surface area contributed by atoms with Gasteiger partial charge >= 0.3 is 0 Å². The Balaban J connectivity index is 2.44. The van der Waals surface area contributed by atoms with Gasteiger partial charge in [0.05, 0.1) is 12.1 Å². The number of hydrogen-bond acceptors (Lipinski definition) is 2. The number of benzene rings is 1. The molecule has 2 atom stereocenters. The first-order valence-corrected chi connectivity index (χ1v) is 6.90. The van der Waals surface area contributed by atoms with Gasteiger partial charge in [0.2, 0.25) is 5.91 Å². The second-order valence-electron chi connectivity index (χ2n) is 4.43. The standard InChI is InChI=1S/C14H20BrNO2/c1-10(18-3)7-8-14(17)16-11(2)12-5-4-6-13(15)9-12/h4-6,9-11H,7-8H2,1-3H3,(H,16,17). The van der Waals surface area contributed by atoms with Crippen molar-refractivity contribution < 1.29 is 9.53 Å². The first-order valence-electron chi connectivity index (χ1n) is 6.10. The Morgan fingerprint density at radius 3 is 2.78 bits per heavy atom. The third kappa shape index (κ3) is 5.19. The van der Waals surface area contributed by atoms with Crippen LogP contribution in [0.1, 0.15) is 38.3 Å². The molecule has 2 unspecified atom stereocenters.